The van der Waals surface area contributed by atoms with Crippen molar-refractivity contribution in [1.82, 2.24) is 20.1 Å². The number of amides is 1. The van der Waals surface area contributed by atoms with Crippen LogP contribution in [0.5, 0.6) is 5.75 Å². The molecule has 1 N–H and O–H groups in total. The monoisotopic (exact) mass is 418 g/mol. The van der Waals surface area contributed by atoms with E-state index in [9.17, 15) is 4.79 Å². The van der Waals surface area contributed by atoms with Gasteiger partial charge in [0, 0.05) is 50.2 Å². The van der Waals surface area contributed by atoms with Crippen molar-refractivity contribution >= 4 is 16.7 Å². The first-order valence-electron chi connectivity index (χ1n) is 11.0. The van der Waals surface area contributed by atoms with Gasteiger partial charge < -0.3 is 15.0 Å². The third-order valence-corrected chi connectivity index (χ3v) is 5.73. The molecule has 162 valence electrons. The quantitative estimate of drug-likeness (QED) is 0.638. The molecule has 2 heterocycles. The van der Waals surface area contributed by atoms with Gasteiger partial charge in [-0.15, -0.1) is 0 Å². The number of pyridine rings is 1. The smallest absolute Gasteiger partial charge is 0.270 e. The van der Waals surface area contributed by atoms with Gasteiger partial charge in [-0.3, -0.25) is 9.69 Å². The van der Waals surface area contributed by atoms with Crippen LogP contribution in [-0.2, 0) is 0 Å². The molecule has 0 aliphatic carbocycles. The summed E-state index contributed by atoms with van der Waals surface area (Å²) >= 11 is 0. The number of likely N-dealkylation sites (N-methyl/N-ethyl adjacent to an activating group) is 1. The van der Waals surface area contributed by atoms with Crippen molar-refractivity contribution < 1.29 is 9.53 Å². The van der Waals surface area contributed by atoms with Crippen molar-refractivity contribution in [2.24, 2.45) is 0 Å². The predicted octanol–water partition coefficient (Wildman–Crippen LogP) is 3.28. The molecule has 0 saturated carbocycles. The predicted molar refractivity (Wildman–Crippen MR) is 125 cm³/mol. The van der Waals surface area contributed by atoms with Gasteiger partial charge in [0.05, 0.1) is 12.3 Å². The van der Waals surface area contributed by atoms with Crippen LogP contribution in [0.4, 0.5) is 0 Å². The van der Waals surface area contributed by atoms with Gasteiger partial charge in [0.25, 0.3) is 5.91 Å². The highest BCUT2D eigenvalue weighted by atomic mass is 16.5. The van der Waals surface area contributed by atoms with Crippen LogP contribution in [0.1, 0.15) is 17.4 Å². The number of hydrogen-bond donors (Lipinski definition) is 1. The molecule has 0 atom stereocenters. The molecule has 0 spiro atoms. The molecule has 1 fully saturated rings. The normalized spacial score (nSPS) is 15.2. The zero-order valence-corrected chi connectivity index (χ0v) is 18.3. The van der Waals surface area contributed by atoms with E-state index in [2.05, 4.69) is 22.2 Å². The van der Waals surface area contributed by atoms with E-state index >= 15 is 0 Å². The van der Waals surface area contributed by atoms with E-state index in [4.69, 9.17) is 9.72 Å². The van der Waals surface area contributed by atoms with Gasteiger partial charge in [-0.25, -0.2) is 4.98 Å². The molecule has 4 rings (SSSR count). The minimum absolute atomic E-state index is 0.127. The molecule has 1 saturated heterocycles. The first-order chi connectivity index (χ1) is 15.1. The van der Waals surface area contributed by atoms with Crippen LogP contribution >= 0.6 is 0 Å². The Balaban J connectivity index is 1.52. The average molecular weight is 419 g/mol. The average Bonchev–Trinajstić information content (AvgIpc) is 2.80. The van der Waals surface area contributed by atoms with E-state index in [-0.39, 0.29) is 5.91 Å². The van der Waals surface area contributed by atoms with Crippen LogP contribution in [0.2, 0.25) is 0 Å². The lowest BCUT2D eigenvalue weighted by Crippen LogP contribution is -2.46. The van der Waals surface area contributed by atoms with Crippen LogP contribution in [0.25, 0.3) is 22.0 Å². The Morgan fingerprint density at radius 1 is 1.06 bits per heavy atom. The number of hydrogen-bond acceptors (Lipinski definition) is 5. The Kier molecular flexibility index (Phi) is 6.79. The van der Waals surface area contributed by atoms with Crippen molar-refractivity contribution in [2.45, 2.75) is 6.92 Å². The summed E-state index contributed by atoms with van der Waals surface area (Å²) in [7, 11) is 2.15. The number of fused-ring (bicyclic) bond motifs is 1. The van der Waals surface area contributed by atoms with Crippen molar-refractivity contribution in [3.63, 3.8) is 0 Å². The van der Waals surface area contributed by atoms with Gasteiger partial charge in [0.2, 0.25) is 0 Å². The van der Waals surface area contributed by atoms with Crippen molar-refractivity contribution in [3.8, 4) is 17.0 Å². The molecule has 31 heavy (non-hydrogen) atoms. The van der Waals surface area contributed by atoms with Crippen LogP contribution in [0, 0.1) is 0 Å². The Morgan fingerprint density at radius 3 is 2.55 bits per heavy atom. The molecule has 6 heteroatoms. The summed E-state index contributed by atoms with van der Waals surface area (Å²) in [4.78, 5) is 22.5. The second-order valence-electron chi connectivity index (χ2n) is 7.94. The van der Waals surface area contributed by atoms with Crippen LogP contribution < -0.4 is 10.1 Å². The lowest BCUT2D eigenvalue weighted by Gasteiger charge is -2.32. The number of benzene rings is 2. The fourth-order valence-electron chi connectivity index (χ4n) is 3.89. The fourth-order valence-corrected chi connectivity index (χ4v) is 3.89. The van der Waals surface area contributed by atoms with Crippen LogP contribution in [0.15, 0.2) is 54.6 Å². The fraction of sp³-hybridized carbons (Fsp3) is 0.360. The lowest BCUT2D eigenvalue weighted by molar-refractivity contribution is 0.0938. The summed E-state index contributed by atoms with van der Waals surface area (Å²) in [6, 6.07) is 17.8. The number of aromatic nitrogens is 1. The summed E-state index contributed by atoms with van der Waals surface area (Å²) in [5.74, 6) is 0.701. The maximum absolute atomic E-state index is 13.1. The van der Waals surface area contributed by atoms with Crippen molar-refractivity contribution in [2.75, 3.05) is 52.9 Å². The molecule has 2 aromatic carbocycles. The molecule has 1 amide bonds. The topological polar surface area (TPSA) is 57.7 Å². The minimum atomic E-state index is -0.127. The molecule has 0 bridgehead atoms. The molecular weight excluding hydrogens is 388 g/mol. The second kappa shape index (κ2) is 9.90. The van der Waals surface area contributed by atoms with Crippen molar-refractivity contribution in [1.29, 1.82) is 0 Å². The van der Waals surface area contributed by atoms with E-state index in [1.54, 1.807) is 0 Å². The number of rotatable bonds is 7. The van der Waals surface area contributed by atoms with Crippen LogP contribution in [-0.4, -0.2) is 73.6 Å². The number of carbonyl (C=O) groups excluding carboxylic acids is 1. The maximum Gasteiger partial charge on any atom is 0.270 e. The molecule has 3 aromatic rings. The first kappa shape index (κ1) is 21.3. The van der Waals surface area contributed by atoms with Gasteiger partial charge >= 0.3 is 0 Å². The standard InChI is InChI=1S/C25H30N4O2/c1-3-31-21-10-8-19(9-11-21)23-18-20-6-4-5-7-22(20)24(27-23)25(30)26-12-13-29-16-14-28(2)15-17-29/h4-11,18H,3,12-17H2,1-2H3,(H,26,30). The number of carbonyl (C=O) groups is 1. The third kappa shape index (κ3) is 5.21. The Hall–Kier alpha value is -2.96. The SMILES string of the molecule is CCOc1ccc(-c2cc3ccccc3c(C(=O)NCCN3CCN(C)CC3)n2)cc1. The maximum atomic E-state index is 13.1. The zero-order valence-electron chi connectivity index (χ0n) is 18.3. The molecule has 0 radical (unpaired) electrons. The number of ether oxygens (including phenoxy) is 1. The molecule has 0 unspecified atom stereocenters. The van der Waals surface area contributed by atoms with Gasteiger partial charge in [0.15, 0.2) is 0 Å². The summed E-state index contributed by atoms with van der Waals surface area (Å²) in [5, 5.41) is 4.95. The highest BCUT2D eigenvalue weighted by Gasteiger charge is 2.16. The first-order valence-corrected chi connectivity index (χ1v) is 11.0. The highest BCUT2D eigenvalue weighted by Crippen LogP contribution is 2.26. The summed E-state index contributed by atoms with van der Waals surface area (Å²) in [6.45, 7) is 8.30. The number of nitrogens with zero attached hydrogens (tertiary/aromatic N) is 3. The van der Waals surface area contributed by atoms with Gasteiger partial charge in [-0.05, 0) is 49.7 Å². The molecule has 1 aliphatic rings. The summed E-state index contributed by atoms with van der Waals surface area (Å²) in [5.41, 5.74) is 2.21. The highest BCUT2D eigenvalue weighted by molar-refractivity contribution is 6.06. The van der Waals surface area contributed by atoms with Crippen LogP contribution in [0.3, 0.4) is 0 Å². The Bertz CT molecular complexity index is 1030. The summed E-state index contributed by atoms with van der Waals surface area (Å²) < 4.78 is 5.54. The van der Waals surface area contributed by atoms with E-state index < -0.39 is 0 Å². The molecular formula is C25H30N4O2. The second-order valence-corrected chi connectivity index (χ2v) is 7.94. The molecule has 1 aromatic heterocycles. The zero-order chi connectivity index (χ0) is 21.6. The number of nitrogens with one attached hydrogen (secondary N) is 1. The minimum Gasteiger partial charge on any atom is -0.494 e. The van der Waals surface area contributed by atoms with Gasteiger partial charge in [-0.1, -0.05) is 24.3 Å². The Labute approximate surface area is 183 Å². The van der Waals surface area contributed by atoms with Crippen molar-refractivity contribution in [3.05, 3.63) is 60.3 Å². The van der Waals surface area contributed by atoms with E-state index in [1.807, 2.05) is 61.5 Å². The van der Waals surface area contributed by atoms with E-state index in [0.717, 1.165) is 60.5 Å². The summed E-state index contributed by atoms with van der Waals surface area (Å²) in [6.07, 6.45) is 0. The van der Waals surface area contributed by atoms with E-state index in [1.165, 1.54) is 0 Å². The van der Waals surface area contributed by atoms with Gasteiger partial charge in [-0.2, -0.15) is 0 Å². The number of piperazine rings is 1. The molecule has 1 aliphatic heterocycles. The molecule has 6 nitrogen and oxygen atoms in total. The lowest BCUT2D eigenvalue weighted by atomic mass is 10.0. The van der Waals surface area contributed by atoms with E-state index in [0.29, 0.717) is 18.8 Å². The largest absolute Gasteiger partial charge is 0.494 e. The Morgan fingerprint density at radius 2 is 1.81 bits per heavy atom. The van der Waals surface area contributed by atoms with Gasteiger partial charge in [0.1, 0.15) is 11.4 Å². The third-order valence-electron chi connectivity index (χ3n) is 5.73.